The molecule has 1 saturated carbocycles. The fourth-order valence-electron chi connectivity index (χ4n) is 6.71. The highest BCUT2D eigenvalue weighted by Gasteiger charge is 2.61. The molecule has 1 aliphatic heterocycles. The van der Waals surface area contributed by atoms with Crippen LogP contribution in [0.4, 0.5) is 5.69 Å². The highest BCUT2D eigenvalue weighted by Crippen LogP contribution is 2.45. The van der Waals surface area contributed by atoms with Crippen molar-refractivity contribution in [3.63, 3.8) is 0 Å². The van der Waals surface area contributed by atoms with E-state index in [0.29, 0.717) is 28.4 Å². The fourth-order valence-corrected chi connectivity index (χ4v) is 6.71. The number of ether oxygens (including phenoxy) is 2. The van der Waals surface area contributed by atoms with Crippen LogP contribution < -0.4 is 20.1 Å². The number of fused-ring (bicyclic) bond motifs is 1. The Balaban J connectivity index is 1.33. The molecule has 3 N–H and O–H groups in total. The van der Waals surface area contributed by atoms with Crippen molar-refractivity contribution in [3.8, 4) is 28.8 Å². The lowest BCUT2D eigenvalue weighted by Crippen LogP contribution is -2.55. The van der Waals surface area contributed by atoms with E-state index in [4.69, 9.17) is 19.7 Å². The van der Waals surface area contributed by atoms with Crippen LogP contribution in [0.2, 0.25) is 0 Å². The van der Waals surface area contributed by atoms with Crippen LogP contribution in [0.3, 0.4) is 0 Å². The standard InChI is InChI=1S/C40H41N5O6/c1-5-27-22-40(27,39(48)49)44-37(46)34-20-30(23-45(34)38(47)36(24(2)3)42-28-13-11-25(12-14-28)17-18-41)51-35-21-32(26-9-7-6-8-10-26)43-33-19-29(50-4)15-16-31(33)35/h5-16,19,21,24,27,30,34,36,42H,1,17,20,22-23H2,2-4H3,(H,44,46)(H,48,49)/t27-,30+,34-,36-,40?/m0/s1. The number of benzene rings is 3. The first-order chi connectivity index (χ1) is 24.6. The average Bonchev–Trinajstić information content (AvgIpc) is 3.70. The SMILES string of the molecule is C=C[C@H]1CC1(NC(=O)[C@@H]1C[C@@H](Oc2cc(-c3ccccc3)nc3cc(OC)ccc23)CN1C(=O)[C@@H](Nc1ccc(CC#N)cc1)C(C)C)C(=O)O. The van der Waals surface area contributed by atoms with Gasteiger partial charge in [0.1, 0.15) is 35.2 Å². The summed E-state index contributed by atoms with van der Waals surface area (Å²) in [5.74, 6) is -1.43. The van der Waals surface area contributed by atoms with E-state index >= 15 is 0 Å². The number of nitrogens with zero attached hydrogens (tertiary/aromatic N) is 3. The second kappa shape index (κ2) is 14.5. The first-order valence-electron chi connectivity index (χ1n) is 17.0. The molecule has 11 heteroatoms. The van der Waals surface area contributed by atoms with E-state index in [2.05, 4.69) is 23.3 Å². The molecule has 5 atom stereocenters. The molecule has 3 aromatic carbocycles. The van der Waals surface area contributed by atoms with Crippen molar-refractivity contribution >= 4 is 34.4 Å². The van der Waals surface area contributed by atoms with Crippen LogP contribution in [-0.2, 0) is 20.8 Å². The molecular formula is C40H41N5O6. The van der Waals surface area contributed by atoms with Gasteiger partial charge in [0.15, 0.2) is 0 Å². The summed E-state index contributed by atoms with van der Waals surface area (Å²) in [5, 5.41) is 25.9. The topological polar surface area (TPSA) is 154 Å². The number of pyridine rings is 1. The molecule has 1 aliphatic carbocycles. The van der Waals surface area contributed by atoms with Gasteiger partial charge in [-0.25, -0.2) is 9.78 Å². The van der Waals surface area contributed by atoms with Crippen LogP contribution in [0.15, 0.2) is 91.5 Å². The number of aliphatic carboxylic acids is 1. The number of aromatic nitrogens is 1. The maximum Gasteiger partial charge on any atom is 0.330 e. The molecular weight excluding hydrogens is 646 g/mol. The molecule has 0 spiro atoms. The number of anilines is 1. The quantitative estimate of drug-likeness (QED) is 0.152. The highest BCUT2D eigenvalue weighted by molar-refractivity contribution is 5.96. The third kappa shape index (κ3) is 7.22. The van der Waals surface area contributed by atoms with E-state index in [9.17, 15) is 19.5 Å². The van der Waals surface area contributed by atoms with Crippen LogP contribution in [0.1, 0.15) is 32.3 Å². The number of rotatable bonds is 13. The minimum absolute atomic E-state index is 0.0918. The Morgan fingerprint density at radius 1 is 1.12 bits per heavy atom. The molecule has 0 radical (unpaired) electrons. The summed E-state index contributed by atoms with van der Waals surface area (Å²) in [4.78, 5) is 47.2. The van der Waals surface area contributed by atoms with Gasteiger partial charge < -0.3 is 30.1 Å². The van der Waals surface area contributed by atoms with Crippen molar-refractivity contribution in [2.75, 3.05) is 19.0 Å². The van der Waals surface area contributed by atoms with Gasteiger partial charge in [0, 0.05) is 41.1 Å². The van der Waals surface area contributed by atoms with Gasteiger partial charge in [-0.1, -0.05) is 62.4 Å². The summed E-state index contributed by atoms with van der Waals surface area (Å²) in [5.41, 5.74) is 2.32. The lowest BCUT2D eigenvalue weighted by Gasteiger charge is -2.31. The molecule has 0 bridgehead atoms. The highest BCUT2D eigenvalue weighted by atomic mass is 16.5. The van der Waals surface area contributed by atoms with Gasteiger partial charge in [0.2, 0.25) is 11.8 Å². The number of likely N-dealkylation sites (tertiary alicyclic amines) is 1. The molecule has 2 heterocycles. The lowest BCUT2D eigenvalue weighted by atomic mass is 10.0. The number of carbonyl (C=O) groups is 3. The minimum Gasteiger partial charge on any atom is -0.497 e. The van der Waals surface area contributed by atoms with Gasteiger partial charge in [0.25, 0.3) is 0 Å². The Kier molecular flexibility index (Phi) is 9.96. The third-order valence-electron chi connectivity index (χ3n) is 9.71. The Morgan fingerprint density at radius 2 is 1.86 bits per heavy atom. The number of carboxylic acid groups (broad SMARTS) is 1. The molecule has 1 aromatic heterocycles. The first-order valence-corrected chi connectivity index (χ1v) is 17.0. The summed E-state index contributed by atoms with van der Waals surface area (Å²) >= 11 is 0. The normalized spacial score (nSPS) is 21.4. The zero-order valence-corrected chi connectivity index (χ0v) is 28.8. The predicted octanol–water partition coefficient (Wildman–Crippen LogP) is 5.61. The van der Waals surface area contributed by atoms with Crippen molar-refractivity contribution in [1.29, 1.82) is 5.26 Å². The summed E-state index contributed by atoms with van der Waals surface area (Å²) in [6.07, 6.45) is 1.57. The van der Waals surface area contributed by atoms with E-state index in [1.165, 1.54) is 11.0 Å². The number of nitrogens with one attached hydrogen (secondary N) is 2. The minimum atomic E-state index is -1.46. The molecule has 1 unspecified atom stereocenters. The van der Waals surface area contributed by atoms with Crippen molar-refractivity contribution in [3.05, 3.63) is 97.1 Å². The molecule has 11 nitrogen and oxygen atoms in total. The van der Waals surface area contributed by atoms with Crippen LogP contribution in [0.25, 0.3) is 22.2 Å². The Bertz CT molecular complexity index is 1990. The summed E-state index contributed by atoms with van der Waals surface area (Å²) < 4.78 is 12.1. The molecule has 1 saturated heterocycles. The number of carboxylic acids is 1. The van der Waals surface area contributed by atoms with E-state index in [0.717, 1.165) is 16.5 Å². The Hall–Kier alpha value is -5.89. The van der Waals surface area contributed by atoms with Crippen molar-refractivity contribution in [2.45, 2.75) is 56.8 Å². The second-order valence-electron chi connectivity index (χ2n) is 13.4. The largest absolute Gasteiger partial charge is 0.497 e. The second-order valence-corrected chi connectivity index (χ2v) is 13.4. The number of methoxy groups -OCH3 is 1. The van der Waals surface area contributed by atoms with Gasteiger partial charge in [-0.2, -0.15) is 5.26 Å². The zero-order valence-electron chi connectivity index (χ0n) is 28.8. The predicted molar refractivity (Wildman–Crippen MR) is 193 cm³/mol. The van der Waals surface area contributed by atoms with Gasteiger partial charge in [-0.15, -0.1) is 6.58 Å². The third-order valence-corrected chi connectivity index (χ3v) is 9.71. The molecule has 2 aliphatic rings. The Morgan fingerprint density at radius 3 is 2.49 bits per heavy atom. The summed E-state index contributed by atoms with van der Waals surface area (Å²) in [7, 11) is 1.59. The summed E-state index contributed by atoms with van der Waals surface area (Å²) in [6, 6.07) is 24.8. The van der Waals surface area contributed by atoms with Gasteiger partial charge in [-0.05, 0) is 42.2 Å². The van der Waals surface area contributed by atoms with Crippen molar-refractivity contribution in [2.24, 2.45) is 11.8 Å². The summed E-state index contributed by atoms with van der Waals surface area (Å²) in [6.45, 7) is 7.66. The van der Waals surface area contributed by atoms with Gasteiger partial charge in [-0.3, -0.25) is 9.59 Å². The molecule has 6 rings (SSSR count). The molecule has 51 heavy (non-hydrogen) atoms. The monoisotopic (exact) mass is 687 g/mol. The van der Waals surface area contributed by atoms with Crippen LogP contribution >= 0.6 is 0 Å². The van der Waals surface area contributed by atoms with E-state index < -0.39 is 41.5 Å². The molecule has 4 aromatic rings. The molecule has 262 valence electrons. The number of hydrogen-bond acceptors (Lipinski definition) is 8. The van der Waals surface area contributed by atoms with Crippen molar-refractivity contribution in [1.82, 2.24) is 15.2 Å². The number of amides is 2. The van der Waals surface area contributed by atoms with E-state index in [-0.39, 0.29) is 37.6 Å². The van der Waals surface area contributed by atoms with E-state index in [1.54, 1.807) is 7.11 Å². The van der Waals surface area contributed by atoms with E-state index in [1.807, 2.05) is 92.7 Å². The number of nitriles is 1. The Labute approximate surface area is 296 Å². The first kappa shape index (κ1) is 35.0. The van der Waals surface area contributed by atoms with Crippen LogP contribution in [0.5, 0.6) is 11.5 Å². The van der Waals surface area contributed by atoms with Crippen molar-refractivity contribution < 1.29 is 29.0 Å². The number of hydrogen-bond donors (Lipinski definition) is 3. The van der Waals surface area contributed by atoms with Gasteiger partial charge >= 0.3 is 5.97 Å². The van der Waals surface area contributed by atoms with Crippen LogP contribution in [0, 0.1) is 23.2 Å². The lowest BCUT2D eigenvalue weighted by molar-refractivity contribution is -0.145. The number of carbonyl (C=O) groups excluding carboxylic acids is 2. The maximum atomic E-state index is 14.5. The maximum absolute atomic E-state index is 14.5. The molecule has 2 amide bonds. The van der Waals surface area contributed by atoms with Gasteiger partial charge in [0.05, 0.1) is 37.4 Å². The average molecular weight is 688 g/mol. The molecule has 2 fully saturated rings. The zero-order chi connectivity index (χ0) is 36.3. The smallest absolute Gasteiger partial charge is 0.330 e. The fraction of sp³-hybridized carbons (Fsp3) is 0.325. The van der Waals surface area contributed by atoms with Crippen LogP contribution in [-0.4, -0.2) is 70.2 Å².